The maximum Gasteiger partial charge on any atom is 0.154 e. The predicted molar refractivity (Wildman–Crippen MR) is 54.8 cm³/mol. The predicted octanol–water partition coefficient (Wildman–Crippen LogP) is 1.76. The van der Waals surface area contributed by atoms with Crippen LogP contribution in [0.1, 0.15) is 25.8 Å². The van der Waals surface area contributed by atoms with E-state index in [0.29, 0.717) is 6.42 Å². The maximum absolute atomic E-state index is 11.6. The van der Waals surface area contributed by atoms with Crippen molar-refractivity contribution in [2.24, 2.45) is 11.7 Å². The normalized spacial score (nSPS) is 15.1. The third kappa shape index (κ3) is 2.70. The number of ketones is 1. The molecule has 0 aromatic carbocycles. The third-order valence-electron chi connectivity index (χ3n) is 2.59. The first-order valence-corrected chi connectivity index (χ1v) is 4.94. The Balaban J connectivity index is 2.50. The summed E-state index contributed by atoms with van der Waals surface area (Å²) >= 11 is 0. The summed E-state index contributed by atoms with van der Waals surface area (Å²) in [6.45, 7) is 4.04. The van der Waals surface area contributed by atoms with Gasteiger partial charge in [0.25, 0.3) is 0 Å². The summed E-state index contributed by atoms with van der Waals surface area (Å²) < 4.78 is 4.89. The van der Waals surface area contributed by atoms with Gasteiger partial charge in [-0.3, -0.25) is 4.79 Å². The lowest BCUT2D eigenvalue weighted by atomic mass is 9.94. The van der Waals surface area contributed by atoms with E-state index in [2.05, 4.69) is 0 Å². The van der Waals surface area contributed by atoms with Gasteiger partial charge < -0.3 is 10.2 Å². The van der Waals surface area contributed by atoms with Crippen molar-refractivity contribution in [3.63, 3.8) is 0 Å². The van der Waals surface area contributed by atoms with Gasteiger partial charge in [0.05, 0.1) is 18.6 Å². The third-order valence-corrected chi connectivity index (χ3v) is 2.59. The lowest BCUT2D eigenvalue weighted by Crippen LogP contribution is -2.37. The molecule has 0 bridgehead atoms. The van der Waals surface area contributed by atoms with Crippen LogP contribution in [0.4, 0.5) is 0 Å². The molecule has 3 nitrogen and oxygen atoms in total. The Morgan fingerprint density at radius 2 is 2.36 bits per heavy atom. The van der Waals surface area contributed by atoms with Gasteiger partial charge in [-0.25, -0.2) is 0 Å². The summed E-state index contributed by atoms with van der Waals surface area (Å²) in [6.07, 6.45) is 4.46. The summed E-state index contributed by atoms with van der Waals surface area (Å²) in [5, 5.41) is 0. The zero-order valence-electron chi connectivity index (χ0n) is 8.69. The van der Waals surface area contributed by atoms with E-state index in [-0.39, 0.29) is 17.7 Å². The molecule has 0 aliphatic rings. The lowest BCUT2D eigenvalue weighted by Gasteiger charge is -2.16. The van der Waals surface area contributed by atoms with Crippen molar-refractivity contribution in [3.8, 4) is 0 Å². The Labute approximate surface area is 84.3 Å². The molecule has 14 heavy (non-hydrogen) atoms. The van der Waals surface area contributed by atoms with Crippen molar-refractivity contribution >= 4 is 5.78 Å². The first kappa shape index (κ1) is 11.0. The van der Waals surface area contributed by atoms with Crippen LogP contribution >= 0.6 is 0 Å². The first-order valence-electron chi connectivity index (χ1n) is 4.94. The van der Waals surface area contributed by atoms with Crippen molar-refractivity contribution in [2.45, 2.75) is 32.7 Å². The van der Waals surface area contributed by atoms with Crippen LogP contribution in [0, 0.1) is 5.92 Å². The van der Waals surface area contributed by atoms with E-state index in [1.165, 1.54) is 0 Å². The van der Waals surface area contributed by atoms with E-state index in [4.69, 9.17) is 10.2 Å². The maximum atomic E-state index is 11.6. The summed E-state index contributed by atoms with van der Waals surface area (Å²) in [6, 6.07) is 1.44. The van der Waals surface area contributed by atoms with Crippen LogP contribution < -0.4 is 5.73 Å². The molecule has 1 heterocycles. The number of nitrogens with two attached hydrogens (primary N) is 1. The molecule has 0 radical (unpaired) electrons. The van der Waals surface area contributed by atoms with Gasteiger partial charge in [0.1, 0.15) is 0 Å². The highest BCUT2D eigenvalue weighted by molar-refractivity contribution is 5.86. The number of hydrogen-bond acceptors (Lipinski definition) is 3. The Kier molecular flexibility index (Phi) is 3.89. The second kappa shape index (κ2) is 4.96. The molecule has 2 atom stereocenters. The quantitative estimate of drug-likeness (QED) is 0.779. The van der Waals surface area contributed by atoms with E-state index in [1.807, 2.05) is 13.8 Å². The van der Waals surface area contributed by atoms with Crippen LogP contribution in [0.15, 0.2) is 23.0 Å². The fourth-order valence-corrected chi connectivity index (χ4v) is 1.28. The molecule has 0 saturated heterocycles. The molecule has 0 fully saturated rings. The van der Waals surface area contributed by atoms with Crippen molar-refractivity contribution in [3.05, 3.63) is 24.2 Å². The number of carbonyl (C=O) groups is 1. The number of furan rings is 1. The second-order valence-electron chi connectivity index (χ2n) is 3.69. The minimum Gasteiger partial charge on any atom is -0.472 e. The van der Waals surface area contributed by atoms with Crippen LogP contribution in [0.25, 0.3) is 0 Å². The molecule has 0 amide bonds. The second-order valence-corrected chi connectivity index (χ2v) is 3.69. The van der Waals surface area contributed by atoms with Crippen molar-refractivity contribution in [2.75, 3.05) is 0 Å². The van der Waals surface area contributed by atoms with Crippen molar-refractivity contribution in [1.29, 1.82) is 0 Å². The van der Waals surface area contributed by atoms with Crippen LogP contribution in [0.3, 0.4) is 0 Å². The summed E-state index contributed by atoms with van der Waals surface area (Å²) in [7, 11) is 0. The van der Waals surface area contributed by atoms with Crippen LogP contribution in [0.5, 0.6) is 0 Å². The standard InChI is InChI=1S/C11H17NO2/c1-3-8(2)11(12)10(13)6-9-4-5-14-7-9/h4-5,7-8,11H,3,6,12H2,1-2H3. The summed E-state index contributed by atoms with van der Waals surface area (Å²) in [5.41, 5.74) is 6.70. The molecule has 2 N–H and O–H groups in total. The van der Waals surface area contributed by atoms with Gasteiger partial charge in [-0.2, -0.15) is 0 Å². The monoisotopic (exact) mass is 195 g/mol. The number of Topliss-reactive ketones (excluding diaryl/α,β-unsaturated/α-hetero) is 1. The molecule has 0 aliphatic heterocycles. The molecule has 0 saturated carbocycles. The number of hydrogen-bond donors (Lipinski definition) is 1. The highest BCUT2D eigenvalue weighted by Crippen LogP contribution is 2.10. The van der Waals surface area contributed by atoms with E-state index in [9.17, 15) is 4.79 Å². The topological polar surface area (TPSA) is 56.2 Å². The van der Waals surface area contributed by atoms with Gasteiger partial charge in [0.2, 0.25) is 0 Å². The molecule has 2 unspecified atom stereocenters. The Hall–Kier alpha value is -1.09. The van der Waals surface area contributed by atoms with E-state index >= 15 is 0 Å². The molecule has 0 spiro atoms. The fourth-order valence-electron chi connectivity index (χ4n) is 1.28. The van der Waals surface area contributed by atoms with Crippen LogP contribution in [-0.2, 0) is 11.2 Å². The molecule has 1 aromatic rings. The van der Waals surface area contributed by atoms with Gasteiger partial charge in [-0.05, 0) is 17.5 Å². The Bertz CT molecular complexity index is 279. The molecule has 3 heteroatoms. The average Bonchev–Trinajstić information content (AvgIpc) is 2.68. The SMILES string of the molecule is CCC(C)C(N)C(=O)Cc1ccoc1. The Morgan fingerprint density at radius 1 is 1.64 bits per heavy atom. The van der Waals surface area contributed by atoms with Crippen LogP contribution in [0.2, 0.25) is 0 Å². The van der Waals surface area contributed by atoms with Gasteiger partial charge in [0.15, 0.2) is 5.78 Å². The highest BCUT2D eigenvalue weighted by atomic mass is 16.3. The Morgan fingerprint density at radius 3 is 2.86 bits per heavy atom. The van der Waals surface area contributed by atoms with E-state index < -0.39 is 0 Å². The minimum atomic E-state index is -0.352. The highest BCUT2D eigenvalue weighted by Gasteiger charge is 2.19. The van der Waals surface area contributed by atoms with Crippen LogP contribution in [-0.4, -0.2) is 11.8 Å². The molecule has 0 aliphatic carbocycles. The molecule has 78 valence electrons. The molecular formula is C11H17NO2. The fraction of sp³-hybridized carbons (Fsp3) is 0.545. The van der Waals surface area contributed by atoms with Crippen molar-refractivity contribution < 1.29 is 9.21 Å². The summed E-state index contributed by atoms with van der Waals surface area (Å²) in [5.74, 6) is 0.329. The molecule has 1 aromatic heterocycles. The van der Waals surface area contributed by atoms with Gasteiger partial charge in [0, 0.05) is 6.42 Å². The first-order chi connectivity index (χ1) is 6.65. The number of carbonyl (C=O) groups excluding carboxylic acids is 1. The minimum absolute atomic E-state index is 0.0840. The number of rotatable bonds is 5. The zero-order valence-corrected chi connectivity index (χ0v) is 8.69. The van der Waals surface area contributed by atoms with Gasteiger partial charge in [-0.15, -0.1) is 0 Å². The lowest BCUT2D eigenvalue weighted by molar-refractivity contribution is -0.120. The van der Waals surface area contributed by atoms with E-state index in [1.54, 1.807) is 18.6 Å². The average molecular weight is 195 g/mol. The smallest absolute Gasteiger partial charge is 0.154 e. The zero-order chi connectivity index (χ0) is 10.6. The molecular weight excluding hydrogens is 178 g/mol. The molecule has 1 rings (SSSR count). The van der Waals surface area contributed by atoms with E-state index in [0.717, 1.165) is 12.0 Å². The summed E-state index contributed by atoms with van der Waals surface area (Å²) in [4.78, 5) is 11.6. The van der Waals surface area contributed by atoms with Gasteiger partial charge >= 0.3 is 0 Å². The van der Waals surface area contributed by atoms with Crippen molar-refractivity contribution in [1.82, 2.24) is 0 Å². The van der Waals surface area contributed by atoms with Gasteiger partial charge in [-0.1, -0.05) is 20.3 Å². The largest absolute Gasteiger partial charge is 0.472 e.